The molecule has 2 aromatic rings. The first-order valence-corrected chi connectivity index (χ1v) is 8.44. The minimum Gasteiger partial charge on any atom is -0.406 e. The summed E-state index contributed by atoms with van der Waals surface area (Å²) in [5.41, 5.74) is 1.90. The first-order chi connectivity index (χ1) is 11.5. The number of nitrogens with zero attached hydrogens (tertiary/aromatic N) is 4. The molecule has 0 aliphatic carbocycles. The molecule has 24 heavy (non-hydrogen) atoms. The summed E-state index contributed by atoms with van der Waals surface area (Å²) in [6.07, 6.45) is 1.36. The summed E-state index contributed by atoms with van der Waals surface area (Å²) in [6, 6.07) is 8.19. The molecule has 0 fully saturated rings. The topological polar surface area (TPSA) is 62.5 Å². The second-order valence-electron chi connectivity index (χ2n) is 5.66. The zero-order valence-corrected chi connectivity index (χ0v) is 15.2. The SMILES string of the molecule is CCc1ccccc1N(Cc1nnc(N(C)C)o1)C(=O)C(Cl)CC. The van der Waals surface area contributed by atoms with Crippen LogP contribution in [0.4, 0.5) is 11.7 Å². The standard InChI is InChI=1S/C17H23ClN4O2/c1-5-12-9-7-8-10-14(12)22(16(23)13(18)6-2)11-15-19-20-17(24-15)21(3)4/h7-10,13H,5-6,11H2,1-4H3. The van der Waals surface area contributed by atoms with E-state index in [-0.39, 0.29) is 12.5 Å². The van der Waals surface area contributed by atoms with Crippen LogP contribution in [-0.4, -0.2) is 35.6 Å². The normalized spacial score (nSPS) is 12.0. The maximum absolute atomic E-state index is 12.8. The average molecular weight is 351 g/mol. The maximum atomic E-state index is 12.8. The van der Waals surface area contributed by atoms with E-state index in [9.17, 15) is 4.79 Å². The molecule has 0 saturated carbocycles. The van der Waals surface area contributed by atoms with Crippen LogP contribution in [0.25, 0.3) is 0 Å². The molecule has 130 valence electrons. The molecule has 0 saturated heterocycles. The van der Waals surface area contributed by atoms with Crippen molar-refractivity contribution >= 4 is 29.2 Å². The van der Waals surface area contributed by atoms with Gasteiger partial charge in [0, 0.05) is 19.8 Å². The van der Waals surface area contributed by atoms with Gasteiger partial charge in [-0.1, -0.05) is 37.1 Å². The molecule has 0 N–H and O–H groups in total. The van der Waals surface area contributed by atoms with Gasteiger partial charge in [0.15, 0.2) is 0 Å². The largest absolute Gasteiger partial charge is 0.406 e. The first-order valence-electron chi connectivity index (χ1n) is 8.00. The number of amides is 1. The third-order valence-corrected chi connectivity index (χ3v) is 4.18. The molecule has 0 bridgehead atoms. The van der Waals surface area contributed by atoms with Crippen LogP contribution in [0.2, 0.25) is 0 Å². The fourth-order valence-corrected chi connectivity index (χ4v) is 2.44. The van der Waals surface area contributed by atoms with Gasteiger partial charge in [-0.05, 0) is 24.5 Å². The van der Waals surface area contributed by atoms with Crippen LogP contribution < -0.4 is 9.80 Å². The van der Waals surface area contributed by atoms with Crippen molar-refractivity contribution in [1.29, 1.82) is 0 Å². The smallest absolute Gasteiger partial charge is 0.317 e. The summed E-state index contributed by atoms with van der Waals surface area (Å²) in [5.74, 6) is 0.211. The van der Waals surface area contributed by atoms with Gasteiger partial charge in [-0.3, -0.25) is 4.79 Å². The Morgan fingerprint density at radius 3 is 2.54 bits per heavy atom. The Labute approximate surface area is 147 Å². The van der Waals surface area contributed by atoms with Crippen molar-refractivity contribution in [2.75, 3.05) is 23.9 Å². The Bertz CT molecular complexity index is 687. The lowest BCUT2D eigenvalue weighted by atomic mass is 10.1. The third kappa shape index (κ3) is 4.06. The highest BCUT2D eigenvalue weighted by Crippen LogP contribution is 2.25. The summed E-state index contributed by atoms with van der Waals surface area (Å²) in [7, 11) is 3.64. The maximum Gasteiger partial charge on any atom is 0.317 e. The van der Waals surface area contributed by atoms with E-state index in [1.807, 2.05) is 45.3 Å². The number of halogens is 1. The van der Waals surface area contributed by atoms with E-state index in [0.717, 1.165) is 17.7 Å². The number of anilines is 2. The van der Waals surface area contributed by atoms with Crippen LogP contribution in [-0.2, 0) is 17.8 Å². The highest BCUT2D eigenvalue weighted by atomic mass is 35.5. The Hall–Kier alpha value is -2.08. The van der Waals surface area contributed by atoms with Gasteiger partial charge >= 0.3 is 6.01 Å². The molecule has 0 radical (unpaired) electrons. The predicted octanol–water partition coefficient (Wildman–Crippen LogP) is 3.25. The molecule has 0 aliphatic rings. The number of para-hydroxylation sites is 1. The number of hydrogen-bond donors (Lipinski definition) is 0. The highest BCUT2D eigenvalue weighted by Gasteiger charge is 2.26. The molecule has 7 heteroatoms. The van der Waals surface area contributed by atoms with Gasteiger partial charge in [-0.2, -0.15) is 0 Å². The minimum atomic E-state index is -0.592. The number of aromatic nitrogens is 2. The van der Waals surface area contributed by atoms with Crippen LogP contribution in [0.5, 0.6) is 0 Å². The van der Waals surface area contributed by atoms with Crippen LogP contribution in [0.1, 0.15) is 31.7 Å². The predicted molar refractivity (Wildman–Crippen MR) is 95.6 cm³/mol. The van der Waals surface area contributed by atoms with E-state index in [1.54, 1.807) is 9.80 Å². The lowest BCUT2D eigenvalue weighted by Gasteiger charge is -2.25. The summed E-state index contributed by atoms with van der Waals surface area (Å²) in [4.78, 5) is 16.1. The fourth-order valence-electron chi connectivity index (χ4n) is 2.32. The van der Waals surface area contributed by atoms with Crippen molar-refractivity contribution < 1.29 is 9.21 Å². The second-order valence-corrected chi connectivity index (χ2v) is 6.18. The van der Waals surface area contributed by atoms with Gasteiger partial charge < -0.3 is 14.2 Å². The minimum absolute atomic E-state index is 0.162. The second kappa shape index (κ2) is 8.15. The highest BCUT2D eigenvalue weighted by molar-refractivity contribution is 6.32. The van der Waals surface area contributed by atoms with Crippen molar-refractivity contribution in [2.45, 2.75) is 38.6 Å². The van der Waals surface area contributed by atoms with Crippen LogP contribution in [0, 0.1) is 0 Å². The summed E-state index contributed by atoms with van der Waals surface area (Å²) < 4.78 is 5.60. The van der Waals surface area contributed by atoms with E-state index in [0.29, 0.717) is 18.3 Å². The van der Waals surface area contributed by atoms with Crippen molar-refractivity contribution in [2.24, 2.45) is 0 Å². The Kier molecular flexibility index (Phi) is 6.20. The van der Waals surface area contributed by atoms with Gasteiger partial charge in [-0.25, -0.2) is 0 Å². The van der Waals surface area contributed by atoms with Gasteiger partial charge in [0.1, 0.15) is 11.9 Å². The van der Waals surface area contributed by atoms with Crippen LogP contribution in [0.15, 0.2) is 28.7 Å². The number of aryl methyl sites for hydroxylation is 1. The van der Waals surface area contributed by atoms with E-state index in [4.69, 9.17) is 16.0 Å². The Morgan fingerprint density at radius 2 is 1.96 bits per heavy atom. The molecule has 0 spiro atoms. The lowest BCUT2D eigenvalue weighted by molar-refractivity contribution is -0.118. The molecular formula is C17H23ClN4O2. The van der Waals surface area contributed by atoms with Gasteiger partial charge in [-0.15, -0.1) is 16.7 Å². The van der Waals surface area contributed by atoms with Crippen molar-refractivity contribution in [3.63, 3.8) is 0 Å². The molecule has 2 rings (SSSR count). The molecule has 1 unspecified atom stereocenters. The van der Waals surface area contributed by atoms with Crippen LogP contribution >= 0.6 is 11.6 Å². The molecule has 1 aromatic carbocycles. The average Bonchev–Trinajstić information content (AvgIpc) is 3.07. The molecular weight excluding hydrogens is 328 g/mol. The van der Waals surface area contributed by atoms with Crippen molar-refractivity contribution in [3.8, 4) is 0 Å². The van der Waals surface area contributed by atoms with E-state index < -0.39 is 5.38 Å². The summed E-state index contributed by atoms with van der Waals surface area (Å²) >= 11 is 6.21. The van der Waals surface area contributed by atoms with Crippen molar-refractivity contribution in [3.05, 3.63) is 35.7 Å². The number of rotatable bonds is 7. The zero-order valence-electron chi connectivity index (χ0n) is 14.5. The number of alkyl halides is 1. The lowest BCUT2D eigenvalue weighted by Crippen LogP contribution is -2.37. The summed E-state index contributed by atoms with van der Waals surface area (Å²) in [5, 5.41) is 7.41. The molecule has 1 aromatic heterocycles. The molecule has 1 amide bonds. The van der Waals surface area contributed by atoms with Gasteiger partial charge in [0.2, 0.25) is 11.8 Å². The van der Waals surface area contributed by atoms with E-state index in [2.05, 4.69) is 17.1 Å². The number of hydrogen-bond acceptors (Lipinski definition) is 5. The monoisotopic (exact) mass is 350 g/mol. The quantitative estimate of drug-likeness (QED) is 0.717. The fraction of sp³-hybridized carbons (Fsp3) is 0.471. The Morgan fingerprint density at radius 1 is 1.25 bits per heavy atom. The summed E-state index contributed by atoms with van der Waals surface area (Å²) in [6.45, 7) is 4.13. The van der Waals surface area contributed by atoms with E-state index >= 15 is 0 Å². The molecule has 6 nitrogen and oxygen atoms in total. The molecule has 1 atom stereocenters. The number of carbonyl (C=O) groups excluding carboxylic acids is 1. The van der Waals surface area contributed by atoms with Crippen molar-refractivity contribution in [1.82, 2.24) is 10.2 Å². The van der Waals surface area contributed by atoms with Crippen LogP contribution in [0.3, 0.4) is 0 Å². The third-order valence-electron chi connectivity index (χ3n) is 3.69. The number of carbonyl (C=O) groups is 1. The number of benzene rings is 1. The first kappa shape index (κ1) is 18.3. The molecule has 0 aliphatic heterocycles. The Balaban J connectivity index is 2.37. The van der Waals surface area contributed by atoms with Gasteiger partial charge in [0.25, 0.3) is 0 Å². The van der Waals surface area contributed by atoms with E-state index in [1.165, 1.54) is 0 Å². The van der Waals surface area contributed by atoms with Gasteiger partial charge in [0.05, 0.1) is 0 Å². The zero-order chi connectivity index (χ0) is 17.7. The molecule has 1 heterocycles.